The zero-order chi connectivity index (χ0) is 18.1. The second kappa shape index (κ2) is 7.19. The minimum absolute atomic E-state index is 0.202. The molecule has 3 saturated heterocycles. The Morgan fingerprint density at radius 2 is 1.88 bits per heavy atom. The maximum atomic E-state index is 12.8. The van der Waals surface area contributed by atoms with Crippen LogP contribution in [0.2, 0.25) is 0 Å². The van der Waals surface area contributed by atoms with Crippen LogP contribution in [0.1, 0.15) is 36.3 Å². The predicted molar refractivity (Wildman–Crippen MR) is 96.9 cm³/mol. The number of likely N-dealkylation sites (tertiary alicyclic amines) is 2. The Labute approximate surface area is 155 Å². The Balaban J connectivity index is 1.38. The number of amides is 2. The second-order valence-electron chi connectivity index (χ2n) is 8.17. The van der Waals surface area contributed by atoms with Crippen molar-refractivity contribution in [2.24, 2.45) is 5.41 Å². The summed E-state index contributed by atoms with van der Waals surface area (Å²) in [6.07, 6.45) is 3.53. The van der Waals surface area contributed by atoms with Crippen LogP contribution in [0.15, 0.2) is 4.52 Å². The van der Waals surface area contributed by atoms with E-state index in [0.717, 1.165) is 63.7 Å². The molecule has 0 N–H and O–H groups in total. The maximum absolute atomic E-state index is 12.8. The lowest BCUT2D eigenvalue weighted by atomic mass is 9.79. The number of aryl methyl sites for hydroxylation is 2. The van der Waals surface area contributed by atoms with E-state index in [4.69, 9.17) is 9.26 Å². The summed E-state index contributed by atoms with van der Waals surface area (Å²) in [5.41, 5.74) is 2.47. The van der Waals surface area contributed by atoms with E-state index in [1.807, 2.05) is 18.7 Å². The molecule has 0 unspecified atom stereocenters. The second-order valence-corrected chi connectivity index (χ2v) is 8.17. The predicted octanol–water partition coefficient (Wildman–Crippen LogP) is 2.03. The van der Waals surface area contributed by atoms with Gasteiger partial charge in [-0.3, -0.25) is 4.90 Å². The molecule has 3 fully saturated rings. The molecule has 0 aliphatic carbocycles. The van der Waals surface area contributed by atoms with Crippen molar-refractivity contribution in [3.05, 3.63) is 17.0 Å². The van der Waals surface area contributed by atoms with Gasteiger partial charge in [-0.05, 0) is 39.7 Å². The van der Waals surface area contributed by atoms with Gasteiger partial charge in [-0.1, -0.05) is 5.16 Å². The molecule has 26 heavy (non-hydrogen) atoms. The number of urea groups is 1. The number of aromatic nitrogens is 1. The Kier molecular flexibility index (Phi) is 4.92. The van der Waals surface area contributed by atoms with Gasteiger partial charge < -0.3 is 19.1 Å². The maximum Gasteiger partial charge on any atom is 0.320 e. The van der Waals surface area contributed by atoms with Crippen LogP contribution >= 0.6 is 0 Å². The molecule has 0 radical (unpaired) electrons. The minimum atomic E-state index is 0.202. The van der Waals surface area contributed by atoms with Crippen LogP contribution in [0.3, 0.4) is 0 Å². The monoisotopic (exact) mass is 362 g/mol. The number of piperidine rings is 1. The minimum Gasteiger partial charge on any atom is -0.378 e. The van der Waals surface area contributed by atoms with Crippen molar-refractivity contribution in [1.29, 1.82) is 0 Å². The van der Waals surface area contributed by atoms with Crippen LogP contribution in [-0.4, -0.2) is 78.4 Å². The largest absolute Gasteiger partial charge is 0.378 e. The van der Waals surface area contributed by atoms with Crippen molar-refractivity contribution in [1.82, 2.24) is 19.9 Å². The fraction of sp³-hybridized carbons (Fsp3) is 0.789. The molecule has 1 aromatic rings. The van der Waals surface area contributed by atoms with Gasteiger partial charge in [-0.25, -0.2) is 4.79 Å². The zero-order valence-electron chi connectivity index (χ0n) is 16.0. The first kappa shape index (κ1) is 17.8. The number of carbonyl (C=O) groups is 1. The van der Waals surface area contributed by atoms with Gasteiger partial charge in [-0.15, -0.1) is 0 Å². The van der Waals surface area contributed by atoms with E-state index in [0.29, 0.717) is 13.2 Å². The van der Waals surface area contributed by atoms with Crippen LogP contribution < -0.4 is 0 Å². The van der Waals surface area contributed by atoms with Crippen LogP contribution in [-0.2, 0) is 11.3 Å². The molecule has 1 aromatic heterocycles. The molecule has 144 valence electrons. The van der Waals surface area contributed by atoms with Crippen molar-refractivity contribution in [3.63, 3.8) is 0 Å². The van der Waals surface area contributed by atoms with Crippen molar-refractivity contribution < 1.29 is 14.1 Å². The average molecular weight is 362 g/mol. The number of nitrogens with zero attached hydrogens (tertiary/aromatic N) is 4. The summed E-state index contributed by atoms with van der Waals surface area (Å²) < 4.78 is 10.7. The Hall–Kier alpha value is -1.60. The Bertz CT molecular complexity index is 636. The summed E-state index contributed by atoms with van der Waals surface area (Å²) in [5.74, 6) is 0.928. The lowest BCUT2D eigenvalue weighted by molar-refractivity contribution is 0.0418. The van der Waals surface area contributed by atoms with Gasteiger partial charge in [0.2, 0.25) is 0 Å². The third kappa shape index (κ3) is 3.47. The van der Waals surface area contributed by atoms with Crippen LogP contribution in [0.25, 0.3) is 0 Å². The summed E-state index contributed by atoms with van der Waals surface area (Å²) in [7, 11) is 0. The quantitative estimate of drug-likeness (QED) is 0.806. The average Bonchev–Trinajstić information content (AvgIpc) is 3.20. The third-order valence-electron chi connectivity index (χ3n) is 6.29. The van der Waals surface area contributed by atoms with Crippen LogP contribution in [0, 0.1) is 19.3 Å². The van der Waals surface area contributed by atoms with E-state index in [9.17, 15) is 4.79 Å². The van der Waals surface area contributed by atoms with Gasteiger partial charge in [0.05, 0.1) is 18.9 Å². The Morgan fingerprint density at radius 1 is 1.08 bits per heavy atom. The molecular formula is C19H30N4O3. The molecule has 1 spiro atoms. The summed E-state index contributed by atoms with van der Waals surface area (Å²) in [6.45, 7) is 11.6. The van der Waals surface area contributed by atoms with Gasteiger partial charge in [0.25, 0.3) is 0 Å². The molecule has 3 aliphatic heterocycles. The van der Waals surface area contributed by atoms with Gasteiger partial charge >= 0.3 is 6.03 Å². The fourth-order valence-electron chi connectivity index (χ4n) is 4.78. The summed E-state index contributed by atoms with van der Waals surface area (Å²) in [6, 6.07) is 0.202. The highest BCUT2D eigenvalue weighted by atomic mass is 16.5. The molecular weight excluding hydrogens is 332 g/mol. The number of carbonyl (C=O) groups excluding carboxylic acids is 1. The number of ether oxygens (including phenoxy) is 1. The highest BCUT2D eigenvalue weighted by Gasteiger charge is 2.43. The normalized spacial score (nSPS) is 27.5. The zero-order valence-corrected chi connectivity index (χ0v) is 16.0. The number of morpholine rings is 1. The summed E-state index contributed by atoms with van der Waals surface area (Å²) in [5, 5.41) is 4.09. The highest BCUT2D eigenvalue weighted by molar-refractivity contribution is 5.75. The van der Waals surface area contributed by atoms with Gasteiger partial charge in [0.15, 0.2) is 0 Å². The molecule has 7 nitrogen and oxygen atoms in total. The highest BCUT2D eigenvalue weighted by Crippen LogP contribution is 2.40. The number of hydrogen-bond donors (Lipinski definition) is 0. The fourth-order valence-corrected chi connectivity index (χ4v) is 4.78. The number of rotatable bonds is 2. The lowest BCUT2D eigenvalue weighted by Gasteiger charge is -2.40. The van der Waals surface area contributed by atoms with Crippen molar-refractivity contribution in [2.45, 2.75) is 39.7 Å². The van der Waals surface area contributed by atoms with E-state index in [1.54, 1.807) is 0 Å². The van der Waals surface area contributed by atoms with Gasteiger partial charge in [0.1, 0.15) is 5.76 Å². The topological polar surface area (TPSA) is 62.1 Å². The molecule has 4 rings (SSSR count). The van der Waals surface area contributed by atoms with Crippen molar-refractivity contribution >= 4 is 6.03 Å². The van der Waals surface area contributed by atoms with Crippen LogP contribution in [0.4, 0.5) is 4.79 Å². The van der Waals surface area contributed by atoms with E-state index in [2.05, 4.69) is 15.0 Å². The first-order valence-corrected chi connectivity index (χ1v) is 9.82. The number of hydrogen-bond acceptors (Lipinski definition) is 5. The van der Waals surface area contributed by atoms with Gasteiger partial charge in [-0.2, -0.15) is 0 Å². The van der Waals surface area contributed by atoms with E-state index in [1.165, 1.54) is 18.4 Å². The summed E-state index contributed by atoms with van der Waals surface area (Å²) >= 11 is 0. The van der Waals surface area contributed by atoms with E-state index in [-0.39, 0.29) is 11.4 Å². The molecule has 7 heteroatoms. The van der Waals surface area contributed by atoms with Crippen LogP contribution in [0.5, 0.6) is 0 Å². The molecule has 0 aromatic carbocycles. The summed E-state index contributed by atoms with van der Waals surface area (Å²) in [4.78, 5) is 19.4. The third-order valence-corrected chi connectivity index (χ3v) is 6.29. The first-order valence-electron chi connectivity index (χ1n) is 9.82. The van der Waals surface area contributed by atoms with Crippen molar-refractivity contribution in [2.75, 3.05) is 52.5 Å². The van der Waals surface area contributed by atoms with Gasteiger partial charge in [0, 0.05) is 50.2 Å². The van der Waals surface area contributed by atoms with E-state index >= 15 is 0 Å². The molecule has 0 saturated carbocycles. The molecule has 3 aliphatic rings. The molecule has 1 atom stereocenters. The Morgan fingerprint density at radius 3 is 2.62 bits per heavy atom. The molecule has 2 amide bonds. The molecule has 0 bridgehead atoms. The molecule has 4 heterocycles. The SMILES string of the molecule is Cc1noc(C)c1CN1CCC[C@@]2(CCN(C(=O)N3CCOCC3)C2)C1. The lowest BCUT2D eigenvalue weighted by Crippen LogP contribution is -2.49. The first-order chi connectivity index (χ1) is 12.6. The standard InChI is InChI=1S/C19H30N4O3/c1-15-17(16(2)26-20-15)12-21-6-3-4-19(13-21)5-7-23(14-19)18(24)22-8-10-25-11-9-22/h3-14H2,1-2H3/t19-/m1/s1. The van der Waals surface area contributed by atoms with Crippen molar-refractivity contribution in [3.8, 4) is 0 Å². The smallest absolute Gasteiger partial charge is 0.320 e. The van der Waals surface area contributed by atoms with E-state index < -0.39 is 0 Å².